The van der Waals surface area contributed by atoms with Crippen molar-refractivity contribution in [1.29, 1.82) is 0 Å². The fourth-order valence-electron chi connectivity index (χ4n) is 0. The molecule has 0 rings (SSSR count). The first-order chi connectivity index (χ1) is 0. The van der Waals surface area contributed by atoms with Crippen molar-refractivity contribution in [3.63, 3.8) is 0 Å². The fraction of sp³-hybridized carbons (Fsp3) is 0. The summed E-state index contributed by atoms with van der Waals surface area (Å²) in [6, 6.07) is 0. The maximum absolute atomic E-state index is 0. The van der Waals surface area contributed by atoms with Gasteiger partial charge in [0.15, 0.2) is 0 Å². The molecule has 0 heterocycles. The molecule has 0 spiro atoms. The molecule has 0 aliphatic heterocycles. The zero-order valence-electron chi connectivity index (χ0n) is 8.91. The molecule has 3 nitrogen and oxygen atoms in total. The van der Waals surface area contributed by atoms with Gasteiger partial charge in [0.1, 0.15) is 0 Å². The van der Waals surface area contributed by atoms with Gasteiger partial charge in [-0.15, -0.1) is 0 Å². The van der Waals surface area contributed by atoms with Crippen molar-refractivity contribution in [3.05, 3.63) is 0 Å². The molecule has 0 aliphatic rings. The fourth-order valence-corrected chi connectivity index (χ4v) is 0. The van der Waals surface area contributed by atoms with E-state index in [1.54, 1.807) is 0 Å². The van der Waals surface area contributed by atoms with E-state index in [-0.39, 0.29) is 129 Å². The van der Waals surface area contributed by atoms with Crippen LogP contribution in [0.3, 0.4) is 0 Å². The number of hydrogen-bond donors (Lipinski definition) is 0. The van der Waals surface area contributed by atoms with Gasteiger partial charge in [-0.1, -0.05) is 0 Å². The van der Waals surface area contributed by atoms with Crippen LogP contribution in [0.25, 0.3) is 0 Å². The zero-order chi connectivity index (χ0) is 0. The van der Waals surface area contributed by atoms with E-state index in [1.165, 1.54) is 0 Å². The van der Waals surface area contributed by atoms with Crippen LogP contribution in [0.1, 0.15) is 7.13 Å². The molecule has 0 aromatic rings. The molecule has 0 aliphatic carbocycles. The van der Waals surface area contributed by atoms with E-state index in [9.17, 15) is 0 Å². The molecule has 0 saturated carbocycles. The van der Waals surface area contributed by atoms with Crippen molar-refractivity contribution in [2.45, 2.75) is 0 Å². The van der Waals surface area contributed by atoms with Gasteiger partial charge in [-0.05, 0) is 0 Å². The SMILES string of the molecule is O.O.O.[Ca+2].[Ca+2].[H-].[H-].[H-].[H-].[H-].[Na+]. The number of hydrogen-bond acceptors (Lipinski definition) is 0. The van der Waals surface area contributed by atoms with Crippen LogP contribution in [0.4, 0.5) is 0 Å². The van der Waals surface area contributed by atoms with Crippen LogP contribution in [0, 0.1) is 0 Å². The van der Waals surface area contributed by atoms with E-state index < -0.39 is 0 Å². The van der Waals surface area contributed by atoms with Crippen LogP contribution in [0.5, 0.6) is 0 Å². The summed E-state index contributed by atoms with van der Waals surface area (Å²) in [5.41, 5.74) is 0. The minimum atomic E-state index is 0. The maximum atomic E-state index is 0. The van der Waals surface area contributed by atoms with E-state index in [0.29, 0.717) is 0 Å². The quantitative estimate of drug-likeness (QED) is 0.317. The molecular weight excluding hydrogens is 151 g/mol. The van der Waals surface area contributed by atoms with Gasteiger partial charge in [-0.25, -0.2) is 0 Å². The first-order valence-corrected chi connectivity index (χ1v) is 0. The summed E-state index contributed by atoms with van der Waals surface area (Å²) in [7, 11) is 0. The summed E-state index contributed by atoms with van der Waals surface area (Å²) in [6.45, 7) is 0. The Labute approximate surface area is 126 Å². The normalized spacial score (nSPS) is 0. The molecule has 34 valence electrons. The predicted molar refractivity (Wildman–Crippen MR) is 27.9 cm³/mol. The van der Waals surface area contributed by atoms with Gasteiger partial charge in [0.2, 0.25) is 0 Å². The largest absolute Gasteiger partial charge is 2.00 e. The van der Waals surface area contributed by atoms with Crippen LogP contribution in [0.15, 0.2) is 0 Å². The molecule has 0 aromatic carbocycles. The Balaban J connectivity index is 0. The third-order valence-corrected chi connectivity index (χ3v) is 0. The molecule has 0 fully saturated rings. The van der Waals surface area contributed by atoms with E-state index in [0.717, 1.165) is 0 Å². The van der Waals surface area contributed by atoms with E-state index in [2.05, 4.69) is 0 Å². The Kier molecular flexibility index (Phi) is 381. The first-order valence-electron chi connectivity index (χ1n) is 0. The van der Waals surface area contributed by atoms with Crippen molar-refractivity contribution in [3.8, 4) is 0 Å². The molecule has 0 unspecified atom stereocenters. The molecule has 0 atom stereocenters. The summed E-state index contributed by atoms with van der Waals surface area (Å²) < 4.78 is 0. The molecule has 0 bridgehead atoms. The minimum Gasteiger partial charge on any atom is -1.00 e. The summed E-state index contributed by atoms with van der Waals surface area (Å²) in [5, 5.41) is 0. The van der Waals surface area contributed by atoms with Gasteiger partial charge in [0.25, 0.3) is 0 Å². The standard InChI is InChI=1S/2Ca.Na.3H2O.5H/h;;;3*1H2;;;;;/q2*+2;+1;;;;5*-1. The first kappa shape index (κ1) is 57.4. The Morgan fingerprint density at radius 3 is 0.667 bits per heavy atom. The smallest absolute Gasteiger partial charge is 1.00 e. The van der Waals surface area contributed by atoms with Crippen molar-refractivity contribution in [2.24, 2.45) is 0 Å². The second kappa shape index (κ2) is 39.8. The molecular formula is H11Ca2NaO3. The maximum Gasteiger partial charge on any atom is 2.00 e. The topological polar surface area (TPSA) is 94.5 Å². The van der Waals surface area contributed by atoms with Crippen molar-refractivity contribution in [2.75, 3.05) is 0 Å². The minimum absolute atomic E-state index is 0. The van der Waals surface area contributed by atoms with E-state index in [4.69, 9.17) is 0 Å². The molecule has 6 heteroatoms. The summed E-state index contributed by atoms with van der Waals surface area (Å²) in [6.07, 6.45) is 0. The van der Waals surface area contributed by atoms with Gasteiger partial charge in [-0.2, -0.15) is 0 Å². The van der Waals surface area contributed by atoms with Gasteiger partial charge in [0, 0.05) is 0 Å². The van der Waals surface area contributed by atoms with E-state index >= 15 is 0 Å². The zero-order valence-corrected chi connectivity index (χ0v) is 10.3. The van der Waals surface area contributed by atoms with E-state index in [1.807, 2.05) is 0 Å². The second-order valence-corrected chi connectivity index (χ2v) is 0. The molecule has 0 saturated heterocycles. The molecule has 0 aromatic heterocycles. The predicted octanol–water partition coefficient (Wildman–Crippen LogP) is -5.67. The number of rotatable bonds is 0. The van der Waals surface area contributed by atoms with Crippen LogP contribution in [-0.2, 0) is 0 Å². The molecule has 0 radical (unpaired) electrons. The van der Waals surface area contributed by atoms with Gasteiger partial charge in [0.05, 0.1) is 0 Å². The Morgan fingerprint density at radius 2 is 0.667 bits per heavy atom. The molecule has 6 heavy (non-hydrogen) atoms. The Morgan fingerprint density at radius 1 is 0.667 bits per heavy atom. The average molecular weight is 162 g/mol. The summed E-state index contributed by atoms with van der Waals surface area (Å²) in [5.74, 6) is 0. The summed E-state index contributed by atoms with van der Waals surface area (Å²) in [4.78, 5) is 0. The third kappa shape index (κ3) is 26.2. The Bertz CT molecular complexity index is 19.7. The van der Waals surface area contributed by atoms with Crippen LogP contribution in [-0.4, -0.2) is 91.9 Å². The summed E-state index contributed by atoms with van der Waals surface area (Å²) >= 11 is 0. The Hall–Kier alpha value is 3.40. The monoisotopic (exact) mass is 162 g/mol. The second-order valence-electron chi connectivity index (χ2n) is 0. The third-order valence-electron chi connectivity index (χ3n) is 0. The van der Waals surface area contributed by atoms with Crippen LogP contribution >= 0.6 is 0 Å². The molecule has 0 amide bonds. The van der Waals surface area contributed by atoms with Crippen LogP contribution in [0.2, 0.25) is 0 Å². The average Bonchev–Trinajstić information content (AvgIpc) is 0. The van der Waals surface area contributed by atoms with Crippen LogP contribution < -0.4 is 29.6 Å². The van der Waals surface area contributed by atoms with Gasteiger partial charge >= 0.3 is 105 Å². The van der Waals surface area contributed by atoms with Gasteiger partial charge < -0.3 is 23.6 Å². The van der Waals surface area contributed by atoms with Crippen molar-refractivity contribution >= 4 is 75.5 Å². The molecule has 6 N–H and O–H groups in total. The van der Waals surface area contributed by atoms with Gasteiger partial charge in [-0.3, -0.25) is 0 Å². The van der Waals surface area contributed by atoms with Crippen molar-refractivity contribution in [1.82, 2.24) is 0 Å². The van der Waals surface area contributed by atoms with Crippen molar-refractivity contribution < 1.29 is 53.1 Å².